The average Bonchev–Trinajstić information content (AvgIpc) is 3.23. The Morgan fingerprint density at radius 2 is 2.04 bits per heavy atom. The second-order valence-corrected chi connectivity index (χ2v) is 6.74. The van der Waals surface area contributed by atoms with Crippen molar-refractivity contribution in [2.24, 2.45) is 5.10 Å². The van der Waals surface area contributed by atoms with Crippen molar-refractivity contribution < 1.29 is 4.39 Å². The molecule has 0 bridgehead atoms. The van der Waals surface area contributed by atoms with Crippen LogP contribution in [0.15, 0.2) is 53.8 Å². The standard InChI is InChI=1S/C18H16FN5S/c1-11-17(25-18(21-11)22-16-8-4-5-9-20-16)15-10-14(23-24-15)12-6-2-3-7-13(12)19/h2-9,14,23H,10H2,1H3,(H,20,21,22). The molecule has 7 heteroatoms. The van der Waals surface area contributed by atoms with Crippen molar-refractivity contribution in [3.63, 3.8) is 0 Å². The van der Waals surface area contributed by atoms with Crippen LogP contribution in [-0.4, -0.2) is 15.7 Å². The van der Waals surface area contributed by atoms with Gasteiger partial charge in [-0.2, -0.15) is 5.10 Å². The van der Waals surface area contributed by atoms with E-state index in [2.05, 4.69) is 25.8 Å². The smallest absolute Gasteiger partial charge is 0.189 e. The molecule has 1 aliphatic heterocycles. The minimum Gasteiger partial charge on any atom is -0.316 e. The van der Waals surface area contributed by atoms with Gasteiger partial charge in [-0.25, -0.2) is 14.4 Å². The number of halogens is 1. The zero-order valence-electron chi connectivity index (χ0n) is 13.5. The number of hydrogen-bond acceptors (Lipinski definition) is 6. The molecule has 4 rings (SSSR count). The zero-order valence-corrected chi connectivity index (χ0v) is 14.3. The van der Waals surface area contributed by atoms with Crippen molar-refractivity contribution in [3.05, 3.63) is 70.6 Å². The zero-order chi connectivity index (χ0) is 17.2. The summed E-state index contributed by atoms with van der Waals surface area (Å²) in [6, 6.07) is 12.3. The lowest BCUT2D eigenvalue weighted by atomic mass is 10.0. The molecule has 0 saturated carbocycles. The highest BCUT2D eigenvalue weighted by atomic mass is 32.1. The highest BCUT2D eigenvalue weighted by Crippen LogP contribution is 2.32. The van der Waals surface area contributed by atoms with E-state index in [1.54, 1.807) is 18.3 Å². The maximum absolute atomic E-state index is 14.0. The third kappa shape index (κ3) is 3.23. The van der Waals surface area contributed by atoms with E-state index in [0.717, 1.165) is 27.2 Å². The van der Waals surface area contributed by atoms with Gasteiger partial charge in [-0.15, -0.1) is 0 Å². The second-order valence-electron chi connectivity index (χ2n) is 5.74. The largest absolute Gasteiger partial charge is 0.316 e. The molecule has 1 atom stereocenters. The minimum atomic E-state index is -0.213. The Bertz CT molecular complexity index is 922. The summed E-state index contributed by atoms with van der Waals surface area (Å²) in [7, 11) is 0. The summed E-state index contributed by atoms with van der Waals surface area (Å²) >= 11 is 1.53. The van der Waals surface area contributed by atoms with Gasteiger partial charge in [0.05, 0.1) is 22.3 Å². The molecule has 1 unspecified atom stereocenters. The number of thiazole rings is 1. The fraction of sp³-hybridized carbons (Fsp3) is 0.167. The molecular weight excluding hydrogens is 337 g/mol. The molecule has 2 N–H and O–H groups in total. The predicted molar refractivity (Wildman–Crippen MR) is 97.8 cm³/mol. The van der Waals surface area contributed by atoms with Gasteiger partial charge in [-0.1, -0.05) is 35.6 Å². The van der Waals surface area contributed by atoms with Gasteiger partial charge in [0, 0.05) is 18.2 Å². The van der Waals surface area contributed by atoms with E-state index in [0.29, 0.717) is 12.0 Å². The maximum Gasteiger partial charge on any atom is 0.189 e. The number of anilines is 2. The fourth-order valence-electron chi connectivity index (χ4n) is 2.79. The molecule has 3 heterocycles. The number of benzene rings is 1. The maximum atomic E-state index is 14.0. The summed E-state index contributed by atoms with van der Waals surface area (Å²) in [5.41, 5.74) is 5.48. The summed E-state index contributed by atoms with van der Waals surface area (Å²) in [5, 5.41) is 8.38. The van der Waals surface area contributed by atoms with Crippen molar-refractivity contribution in [1.29, 1.82) is 0 Å². The lowest BCUT2D eigenvalue weighted by Gasteiger charge is -2.10. The number of hydrogen-bond donors (Lipinski definition) is 2. The second kappa shape index (κ2) is 6.60. The molecule has 2 aromatic heterocycles. The van der Waals surface area contributed by atoms with E-state index in [-0.39, 0.29) is 11.9 Å². The van der Waals surface area contributed by atoms with E-state index < -0.39 is 0 Å². The first-order chi connectivity index (χ1) is 12.2. The van der Waals surface area contributed by atoms with Crippen molar-refractivity contribution in [3.8, 4) is 0 Å². The Morgan fingerprint density at radius 3 is 2.84 bits per heavy atom. The quantitative estimate of drug-likeness (QED) is 0.739. The molecule has 0 spiro atoms. The minimum absolute atomic E-state index is 0.148. The number of aromatic nitrogens is 2. The van der Waals surface area contributed by atoms with Crippen LogP contribution >= 0.6 is 11.3 Å². The van der Waals surface area contributed by atoms with Gasteiger partial charge in [0.25, 0.3) is 0 Å². The SMILES string of the molecule is Cc1nc(Nc2ccccn2)sc1C1=NNC(c2ccccc2F)C1. The van der Waals surface area contributed by atoms with Crippen LogP contribution in [-0.2, 0) is 0 Å². The lowest BCUT2D eigenvalue weighted by molar-refractivity contribution is 0.549. The molecule has 0 amide bonds. The van der Waals surface area contributed by atoms with Gasteiger partial charge < -0.3 is 10.7 Å². The fourth-order valence-corrected chi connectivity index (χ4v) is 3.76. The molecule has 3 aromatic rings. The molecule has 0 saturated heterocycles. The Labute approximate surface area is 148 Å². The summed E-state index contributed by atoms with van der Waals surface area (Å²) in [5.74, 6) is 0.536. The summed E-state index contributed by atoms with van der Waals surface area (Å²) in [6.45, 7) is 1.95. The molecular formula is C18H16FN5S. The highest BCUT2D eigenvalue weighted by molar-refractivity contribution is 7.17. The summed E-state index contributed by atoms with van der Waals surface area (Å²) in [6.07, 6.45) is 2.36. The van der Waals surface area contributed by atoms with Crippen LogP contribution in [0.5, 0.6) is 0 Å². The lowest BCUT2D eigenvalue weighted by Crippen LogP contribution is -2.11. The number of nitrogens with one attached hydrogen (secondary N) is 2. The van der Waals surface area contributed by atoms with Crippen molar-refractivity contribution in [2.45, 2.75) is 19.4 Å². The van der Waals surface area contributed by atoms with E-state index in [1.165, 1.54) is 17.4 Å². The summed E-state index contributed by atoms with van der Waals surface area (Å²) < 4.78 is 14.0. The van der Waals surface area contributed by atoms with Gasteiger partial charge in [-0.05, 0) is 25.1 Å². The molecule has 0 fully saturated rings. The molecule has 1 aromatic carbocycles. The van der Waals surface area contributed by atoms with E-state index in [9.17, 15) is 4.39 Å². The number of rotatable bonds is 4. The Balaban J connectivity index is 1.52. The topological polar surface area (TPSA) is 62.2 Å². The van der Waals surface area contributed by atoms with Gasteiger partial charge in [0.1, 0.15) is 11.6 Å². The first-order valence-corrected chi connectivity index (χ1v) is 8.75. The molecule has 1 aliphatic rings. The van der Waals surface area contributed by atoms with Crippen LogP contribution in [0.3, 0.4) is 0 Å². The molecule has 0 aliphatic carbocycles. The molecule has 5 nitrogen and oxygen atoms in total. The predicted octanol–water partition coefficient (Wildman–Crippen LogP) is 4.17. The van der Waals surface area contributed by atoms with Crippen LogP contribution in [0, 0.1) is 12.7 Å². The normalized spacial score (nSPS) is 16.4. The Kier molecular flexibility index (Phi) is 4.15. The first-order valence-electron chi connectivity index (χ1n) is 7.93. The van der Waals surface area contributed by atoms with Gasteiger partial charge in [0.15, 0.2) is 5.13 Å². The van der Waals surface area contributed by atoms with Crippen LogP contribution in [0.25, 0.3) is 0 Å². The third-order valence-corrected chi connectivity index (χ3v) is 5.11. The highest BCUT2D eigenvalue weighted by Gasteiger charge is 2.26. The van der Waals surface area contributed by atoms with Gasteiger partial charge in [-0.3, -0.25) is 0 Å². The van der Waals surface area contributed by atoms with Crippen LogP contribution < -0.4 is 10.7 Å². The number of pyridine rings is 1. The van der Waals surface area contributed by atoms with Crippen LogP contribution in [0.1, 0.15) is 28.6 Å². The van der Waals surface area contributed by atoms with E-state index >= 15 is 0 Å². The van der Waals surface area contributed by atoms with Crippen molar-refractivity contribution in [2.75, 3.05) is 5.32 Å². The summed E-state index contributed by atoms with van der Waals surface area (Å²) in [4.78, 5) is 9.80. The van der Waals surface area contributed by atoms with Gasteiger partial charge in [0.2, 0.25) is 0 Å². The number of nitrogens with zero attached hydrogens (tertiary/aromatic N) is 3. The number of hydrazone groups is 1. The Morgan fingerprint density at radius 1 is 1.20 bits per heavy atom. The first kappa shape index (κ1) is 15.7. The average molecular weight is 353 g/mol. The number of aryl methyl sites for hydroxylation is 1. The Hall–Kier alpha value is -2.80. The van der Waals surface area contributed by atoms with Crippen molar-refractivity contribution >= 4 is 28.0 Å². The molecule has 126 valence electrons. The van der Waals surface area contributed by atoms with Crippen LogP contribution in [0.2, 0.25) is 0 Å². The molecule has 0 radical (unpaired) electrons. The van der Waals surface area contributed by atoms with Crippen LogP contribution in [0.4, 0.5) is 15.3 Å². The monoisotopic (exact) mass is 353 g/mol. The van der Waals surface area contributed by atoms with Crippen molar-refractivity contribution in [1.82, 2.24) is 15.4 Å². The van der Waals surface area contributed by atoms with E-state index in [4.69, 9.17) is 0 Å². The van der Waals surface area contributed by atoms with E-state index in [1.807, 2.05) is 31.2 Å². The molecule has 25 heavy (non-hydrogen) atoms. The van der Waals surface area contributed by atoms with Gasteiger partial charge >= 0.3 is 0 Å². The third-order valence-electron chi connectivity index (χ3n) is 3.99.